The number of hydrogen-bond acceptors (Lipinski definition) is 1. The molecule has 0 radical (unpaired) electrons. The van der Waals surface area contributed by atoms with Crippen molar-refractivity contribution in [3.63, 3.8) is 0 Å². The maximum atomic E-state index is 10.2. The standard InChI is InChI=1S/C9H11O.Li/c1-8-3-2-4-9(7-8)5-6-10;/h2-4,7H,5-6H2,1H3;/q-1;+1. The fourth-order valence-electron chi connectivity index (χ4n) is 0.986. The van der Waals surface area contributed by atoms with E-state index in [1.165, 1.54) is 5.56 Å². The molecule has 0 aromatic heterocycles. The van der Waals surface area contributed by atoms with Crippen molar-refractivity contribution in [2.75, 3.05) is 6.61 Å². The molecule has 0 aliphatic carbocycles. The third kappa shape index (κ3) is 3.62. The van der Waals surface area contributed by atoms with Crippen molar-refractivity contribution in [2.24, 2.45) is 0 Å². The summed E-state index contributed by atoms with van der Waals surface area (Å²) >= 11 is 0. The van der Waals surface area contributed by atoms with Gasteiger partial charge in [0.1, 0.15) is 0 Å². The van der Waals surface area contributed by atoms with Gasteiger partial charge in [0.2, 0.25) is 0 Å². The smallest absolute Gasteiger partial charge is 0.854 e. The topological polar surface area (TPSA) is 23.1 Å². The molecule has 0 saturated carbocycles. The van der Waals surface area contributed by atoms with Crippen LogP contribution in [0.25, 0.3) is 0 Å². The molecule has 0 spiro atoms. The van der Waals surface area contributed by atoms with E-state index in [0.717, 1.165) is 5.56 Å². The van der Waals surface area contributed by atoms with Crippen LogP contribution in [0.1, 0.15) is 11.1 Å². The Morgan fingerprint density at radius 2 is 2.09 bits per heavy atom. The minimum atomic E-state index is -0.0105. The molecule has 1 rings (SSSR count). The van der Waals surface area contributed by atoms with Gasteiger partial charge in [0.05, 0.1) is 0 Å². The second kappa shape index (κ2) is 5.43. The zero-order valence-corrected chi connectivity index (χ0v) is 7.13. The Bertz CT molecular complexity index is 210. The maximum Gasteiger partial charge on any atom is 1.00 e. The minimum absolute atomic E-state index is 0. The zero-order chi connectivity index (χ0) is 7.40. The van der Waals surface area contributed by atoms with Crippen molar-refractivity contribution in [2.45, 2.75) is 13.3 Å². The van der Waals surface area contributed by atoms with E-state index in [1.54, 1.807) is 0 Å². The molecule has 0 N–H and O–H groups in total. The molecule has 0 atom stereocenters. The maximum absolute atomic E-state index is 10.2. The zero-order valence-electron chi connectivity index (χ0n) is 7.13. The van der Waals surface area contributed by atoms with Crippen LogP contribution in [0.5, 0.6) is 0 Å². The van der Waals surface area contributed by atoms with Gasteiger partial charge in [-0.25, -0.2) is 0 Å². The molecule has 0 aliphatic rings. The summed E-state index contributed by atoms with van der Waals surface area (Å²) < 4.78 is 0. The number of rotatable bonds is 2. The van der Waals surface area contributed by atoms with E-state index < -0.39 is 0 Å². The normalized spacial score (nSPS) is 8.91. The van der Waals surface area contributed by atoms with Gasteiger partial charge in [0.25, 0.3) is 0 Å². The van der Waals surface area contributed by atoms with Crippen LogP contribution in [0.2, 0.25) is 0 Å². The fraction of sp³-hybridized carbons (Fsp3) is 0.333. The van der Waals surface area contributed by atoms with Crippen molar-refractivity contribution in [3.8, 4) is 0 Å². The van der Waals surface area contributed by atoms with Crippen LogP contribution >= 0.6 is 0 Å². The van der Waals surface area contributed by atoms with Crippen LogP contribution in [0, 0.1) is 6.92 Å². The minimum Gasteiger partial charge on any atom is -0.854 e. The van der Waals surface area contributed by atoms with Crippen molar-refractivity contribution < 1.29 is 24.0 Å². The average molecular weight is 142 g/mol. The Hall–Kier alpha value is -0.223. The second-order valence-electron chi connectivity index (χ2n) is 2.44. The Morgan fingerprint density at radius 1 is 1.36 bits per heavy atom. The summed E-state index contributed by atoms with van der Waals surface area (Å²) in [5.74, 6) is 0. The summed E-state index contributed by atoms with van der Waals surface area (Å²) in [6, 6.07) is 8.07. The summed E-state index contributed by atoms with van der Waals surface area (Å²) in [4.78, 5) is 0. The first-order valence-electron chi connectivity index (χ1n) is 3.46. The van der Waals surface area contributed by atoms with E-state index in [2.05, 4.69) is 6.07 Å². The Morgan fingerprint density at radius 3 is 2.64 bits per heavy atom. The predicted molar refractivity (Wildman–Crippen MR) is 39.8 cm³/mol. The molecule has 2 heteroatoms. The molecule has 0 amide bonds. The summed E-state index contributed by atoms with van der Waals surface area (Å²) in [6.07, 6.45) is 0.654. The molecule has 1 aromatic rings. The van der Waals surface area contributed by atoms with Crippen LogP contribution in [0.4, 0.5) is 0 Å². The first-order valence-corrected chi connectivity index (χ1v) is 3.46. The van der Waals surface area contributed by atoms with Crippen molar-refractivity contribution in [3.05, 3.63) is 35.4 Å². The van der Waals surface area contributed by atoms with E-state index in [0.29, 0.717) is 6.42 Å². The molecule has 1 aromatic carbocycles. The molecule has 11 heavy (non-hydrogen) atoms. The summed E-state index contributed by atoms with van der Waals surface area (Å²) in [5, 5.41) is 10.2. The van der Waals surface area contributed by atoms with Crippen LogP contribution in [0.15, 0.2) is 24.3 Å². The SMILES string of the molecule is Cc1cccc(CC[O-])c1.[Li+]. The van der Waals surface area contributed by atoms with Gasteiger partial charge in [-0.2, -0.15) is 0 Å². The van der Waals surface area contributed by atoms with Gasteiger partial charge in [0.15, 0.2) is 0 Å². The third-order valence-electron chi connectivity index (χ3n) is 1.47. The van der Waals surface area contributed by atoms with Crippen LogP contribution in [-0.4, -0.2) is 6.61 Å². The first kappa shape index (κ1) is 10.8. The second-order valence-corrected chi connectivity index (χ2v) is 2.44. The third-order valence-corrected chi connectivity index (χ3v) is 1.47. The van der Waals surface area contributed by atoms with Gasteiger partial charge in [-0.05, 0) is 18.9 Å². The fourth-order valence-corrected chi connectivity index (χ4v) is 0.986. The first-order chi connectivity index (χ1) is 4.83. The largest absolute Gasteiger partial charge is 1.00 e. The summed E-state index contributed by atoms with van der Waals surface area (Å²) in [7, 11) is 0. The number of aryl methyl sites for hydroxylation is 1. The molecule has 0 fully saturated rings. The van der Waals surface area contributed by atoms with Crippen LogP contribution in [-0.2, 0) is 6.42 Å². The molecule has 0 heterocycles. The molecule has 0 aliphatic heterocycles. The summed E-state index contributed by atoms with van der Waals surface area (Å²) in [5.41, 5.74) is 2.38. The molecule has 1 nitrogen and oxygen atoms in total. The number of benzene rings is 1. The van der Waals surface area contributed by atoms with Gasteiger partial charge in [-0.15, -0.1) is 6.61 Å². The van der Waals surface area contributed by atoms with Crippen molar-refractivity contribution >= 4 is 0 Å². The predicted octanol–water partition coefficient (Wildman–Crippen LogP) is -2.10. The van der Waals surface area contributed by atoms with Gasteiger partial charge in [-0.1, -0.05) is 29.8 Å². The van der Waals surface area contributed by atoms with Crippen molar-refractivity contribution in [1.29, 1.82) is 0 Å². The van der Waals surface area contributed by atoms with Gasteiger partial charge in [-0.3, -0.25) is 0 Å². The molecule has 0 unspecified atom stereocenters. The number of hydrogen-bond donors (Lipinski definition) is 0. The Kier molecular flexibility index (Phi) is 5.32. The quantitative estimate of drug-likeness (QED) is 0.434. The van der Waals surface area contributed by atoms with Crippen molar-refractivity contribution in [1.82, 2.24) is 0 Å². The molecule has 54 valence electrons. The van der Waals surface area contributed by atoms with Gasteiger partial charge >= 0.3 is 18.9 Å². The van der Waals surface area contributed by atoms with E-state index in [4.69, 9.17) is 0 Å². The van der Waals surface area contributed by atoms with Crippen LogP contribution in [0.3, 0.4) is 0 Å². The molecule has 0 saturated heterocycles. The molecule has 0 bridgehead atoms. The Labute approximate surface area is 79.6 Å². The monoisotopic (exact) mass is 142 g/mol. The molecular formula is C9H11LiO. The van der Waals surface area contributed by atoms with Crippen LogP contribution < -0.4 is 24.0 Å². The summed E-state index contributed by atoms with van der Waals surface area (Å²) in [6.45, 7) is 2.03. The van der Waals surface area contributed by atoms with Gasteiger partial charge < -0.3 is 5.11 Å². The average Bonchev–Trinajstić information content (AvgIpc) is 1.88. The Balaban J connectivity index is 0.000001000. The van der Waals surface area contributed by atoms with E-state index in [9.17, 15) is 5.11 Å². The van der Waals surface area contributed by atoms with E-state index >= 15 is 0 Å². The van der Waals surface area contributed by atoms with Gasteiger partial charge in [0, 0.05) is 0 Å². The van der Waals surface area contributed by atoms with E-state index in [-0.39, 0.29) is 25.5 Å². The molecular weight excluding hydrogens is 131 g/mol. The van der Waals surface area contributed by atoms with E-state index in [1.807, 2.05) is 25.1 Å².